The van der Waals surface area contributed by atoms with E-state index in [-0.39, 0.29) is 0 Å². The van der Waals surface area contributed by atoms with Gasteiger partial charge in [-0.15, -0.1) is 0 Å². The van der Waals surface area contributed by atoms with Gasteiger partial charge in [-0.3, -0.25) is 0 Å². The predicted octanol–water partition coefficient (Wildman–Crippen LogP) is 3.22. The van der Waals surface area contributed by atoms with Gasteiger partial charge in [-0.25, -0.2) is 0 Å². The topological polar surface area (TPSA) is 42.5 Å². The Kier molecular flexibility index (Phi) is 3.78. The number of hydrogen-bond acceptors (Lipinski definition) is 4. The number of rotatable bonds is 5. The van der Waals surface area contributed by atoms with E-state index in [0.29, 0.717) is 5.75 Å². The fourth-order valence-corrected chi connectivity index (χ4v) is 1.93. The monoisotopic (exact) mass is 266 g/mol. The highest BCUT2D eigenvalue weighted by molar-refractivity contribution is 5.88. The maximum atomic E-state index is 5.45. The zero-order valence-corrected chi connectivity index (χ0v) is 10.7. The third-order valence-corrected chi connectivity index (χ3v) is 2.86. The summed E-state index contributed by atoms with van der Waals surface area (Å²) < 4.78 is 0. The van der Waals surface area contributed by atoms with E-state index in [1.165, 1.54) is 0 Å². The summed E-state index contributed by atoms with van der Waals surface area (Å²) in [7, 11) is 0. The van der Waals surface area contributed by atoms with Crippen LogP contribution >= 0.6 is 0 Å². The largest absolute Gasteiger partial charge is 0.391 e. The minimum atomic E-state index is 0.696. The van der Waals surface area contributed by atoms with Crippen molar-refractivity contribution in [2.75, 3.05) is 0 Å². The summed E-state index contributed by atoms with van der Waals surface area (Å²) >= 11 is 0. The normalized spacial score (nSPS) is 10.4. The molecule has 100 valence electrons. The molecule has 0 aliphatic rings. The Hall–Kier alpha value is -2.56. The maximum absolute atomic E-state index is 5.45. The fourth-order valence-electron chi connectivity index (χ4n) is 1.93. The van der Waals surface area contributed by atoms with Crippen LogP contribution in [0.25, 0.3) is 10.8 Å². The minimum absolute atomic E-state index is 0.696. The van der Waals surface area contributed by atoms with Gasteiger partial charge in [0.2, 0.25) is 0 Å². The summed E-state index contributed by atoms with van der Waals surface area (Å²) in [4.78, 5) is 10.7. The van der Waals surface area contributed by atoms with Crippen LogP contribution < -0.4 is 20.9 Å². The van der Waals surface area contributed by atoms with E-state index in [2.05, 4.69) is 11.2 Å². The third-order valence-electron chi connectivity index (χ3n) is 2.86. The zero-order chi connectivity index (χ0) is 13.6. The molecule has 3 aromatic rings. The smallest absolute Gasteiger partial charge is 0.156 e. The predicted molar refractivity (Wildman–Crippen MR) is 77.9 cm³/mol. The zero-order valence-electron chi connectivity index (χ0n) is 10.7. The summed E-state index contributed by atoms with van der Waals surface area (Å²) in [6.07, 6.45) is 0. The number of para-hydroxylation sites is 1. The summed E-state index contributed by atoms with van der Waals surface area (Å²) in [6.45, 7) is 0. The Morgan fingerprint density at radius 1 is 0.600 bits per heavy atom. The first-order chi connectivity index (χ1) is 9.93. The van der Waals surface area contributed by atoms with Gasteiger partial charge in [0.15, 0.2) is 5.75 Å². The number of nitrogens with one attached hydrogen (secondary N) is 2. The molecule has 0 unspecified atom stereocenters. The van der Waals surface area contributed by atoms with E-state index < -0.39 is 0 Å². The molecule has 4 nitrogen and oxygen atoms in total. The molecule has 0 bridgehead atoms. The van der Waals surface area contributed by atoms with Crippen LogP contribution in [0, 0.1) is 0 Å². The molecular formula is C16H14N2O2. The SMILES string of the molecule is c1ccc(ONNOc2cccc3ccccc23)cc1. The molecule has 0 saturated carbocycles. The molecule has 3 aromatic carbocycles. The van der Waals surface area contributed by atoms with Crippen molar-refractivity contribution < 1.29 is 9.68 Å². The van der Waals surface area contributed by atoms with Gasteiger partial charge < -0.3 is 9.68 Å². The third kappa shape index (κ3) is 2.88. The van der Waals surface area contributed by atoms with Crippen LogP contribution in [-0.2, 0) is 0 Å². The van der Waals surface area contributed by atoms with Gasteiger partial charge in [0, 0.05) is 5.39 Å². The molecule has 0 aliphatic carbocycles. The van der Waals surface area contributed by atoms with E-state index in [1.807, 2.05) is 72.8 Å². The molecule has 0 saturated heterocycles. The first-order valence-electron chi connectivity index (χ1n) is 6.30. The molecule has 0 amide bonds. The Balaban J connectivity index is 1.60. The van der Waals surface area contributed by atoms with Crippen LogP contribution in [0.3, 0.4) is 0 Å². The molecule has 20 heavy (non-hydrogen) atoms. The lowest BCUT2D eigenvalue weighted by Gasteiger charge is -2.11. The van der Waals surface area contributed by atoms with Gasteiger partial charge in [0.1, 0.15) is 5.75 Å². The molecule has 0 aliphatic heterocycles. The van der Waals surface area contributed by atoms with Gasteiger partial charge in [0.05, 0.1) is 0 Å². The first-order valence-corrected chi connectivity index (χ1v) is 6.30. The van der Waals surface area contributed by atoms with Gasteiger partial charge in [-0.2, -0.15) is 0 Å². The van der Waals surface area contributed by atoms with Crippen LogP contribution in [0.1, 0.15) is 0 Å². The first kappa shape index (κ1) is 12.5. The Morgan fingerprint density at radius 2 is 1.30 bits per heavy atom. The fraction of sp³-hybridized carbons (Fsp3) is 0. The average molecular weight is 266 g/mol. The van der Waals surface area contributed by atoms with Crippen LogP contribution in [0.5, 0.6) is 11.5 Å². The second-order valence-corrected chi connectivity index (χ2v) is 4.20. The number of hydrogen-bond donors (Lipinski definition) is 2. The van der Waals surface area contributed by atoms with Crippen molar-refractivity contribution in [1.29, 1.82) is 0 Å². The number of fused-ring (bicyclic) bond motifs is 1. The average Bonchev–Trinajstić information content (AvgIpc) is 2.53. The maximum Gasteiger partial charge on any atom is 0.156 e. The second-order valence-electron chi connectivity index (χ2n) is 4.20. The molecule has 0 spiro atoms. The van der Waals surface area contributed by atoms with E-state index in [1.54, 1.807) is 0 Å². The van der Waals surface area contributed by atoms with Crippen molar-refractivity contribution >= 4 is 10.8 Å². The minimum Gasteiger partial charge on any atom is -0.391 e. The lowest BCUT2D eigenvalue weighted by Crippen LogP contribution is -2.37. The van der Waals surface area contributed by atoms with Crippen LogP contribution in [0.4, 0.5) is 0 Å². The summed E-state index contributed by atoms with van der Waals surface area (Å²) in [5, 5.41) is 2.15. The Labute approximate surface area is 116 Å². The second kappa shape index (κ2) is 6.06. The van der Waals surface area contributed by atoms with Gasteiger partial charge in [-0.1, -0.05) is 65.8 Å². The highest BCUT2D eigenvalue weighted by Gasteiger charge is 2.00. The highest BCUT2D eigenvalue weighted by Crippen LogP contribution is 2.24. The molecule has 0 heterocycles. The van der Waals surface area contributed by atoms with Crippen molar-refractivity contribution in [3.05, 3.63) is 72.8 Å². The standard InChI is InChI=1S/C16H14N2O2/c1-2-9-14(10-3-1)19-17-18-20-16-12-6-8-13-7-4-5-11-15(13)16/h1-12,17-18H. The lowest BCUT2D eigenvalue weighted by molar-refractivity contribution is 0.0222. The molecular weight excluding hydrogens is 252 g/mol. The van der Waals surface area contributed by atoms with Crippen molar-refractivity contribution in [1.82, 2.24) is 11.2 Å². The van der Waals surface area contributed by atoms with Gasteiger partial charge in [0.25, 0.3) is 0 Å². The molecule has 0 aromatic heterocycles. The van der Waals surface area contributed by atoms with Gasteiger partial charge >= 0.3 is 0 Å². The van der Waals surface area contributed by atoms with E-state index >= 15 is 0 Å². The van der Waals surface area contributed by atoms with Crippen molar-refractivity contribution in [2.24, 2.45) is 0 Å². The number of benzene rings is 3. The Bertz CT molecular complexity index is 681. The summed E-state index contributed by atoms with van der Waals surface area (Å²) in [5.74, 6) is 1.42. The lowest BCUT2D eigenvalue weighted by atomic mass is 10.1. The molecule has 4 heteroatoms. The molecule has 0 fully saturated rings. The van der Waals surface area contributed by atoms with Crippen LogP contribution in [0.2, 0.25) is 0 Å². The van der Waals surface area contributed by atoms with Gasteiger partial charge in [-0.05, 0) is 23.6 Å². The van der Waals surface area contributed by atoms with Crippen LogP contribution in [0.15, 0.2) is 72.8 Å². The van der Waals surface area contributed by atoms with E-state index in [4.69, 9.17) is 9.68 Å². The van der Waals surface area contributed by atoms with Crippen molar-refractivity contribution in [2.45, 2.75) is 0 Å². The highest BCUT2D eigenvalue weighted by atomic mass is 16.8. The summed E-state index contributed by atoms with van der Waals surface area (Å²) in [6, 6.07) is 23.3. The Morgan fingerprint density at radius 3 is 2.20 bits per heavy atom. The van der Waals surface area contributed by atoms with Crippen LogP contribution in [-0.4, -0.2) is 0 Å². The van der Waals surface area contributed by atoms with Crippen molar-refractivity contribution in [3.63, 3.8) is 0 Å². The molecule has 0 atom stereocenters. The van der Waals surface area contributed by atoms with E-state index in [9.17, 15) is 0 Å². The molecule has 2 N–H and O–H groups in total. The summed E-state index contributed by atoms with van der Waals surface area (Å²) in [5.41, 5.74) is 5.11. The molecule has 3 rings (SSSR count). The van der Waals surface area contributed by atoms with E-state index in [0.717, 1.165) is 16.5 Å². The number of hydrazine groups is 1. The molecule has 0 radical (unpaired) electrons. The quantitative estimate of drug-likeness (QED) is 0.549. The van der Waals surface area contributed by atoms with Crippen molar-refractivity contribution in [3.8, 4) is 11.5 Å².